The number of benzene rings is 2. The molecule has 3 heterocycles. The highest BCUT2D eigenvalue weighted by molar-refractivity contribution is 8.07. The molecule has 0 aliphatic carbocycles. The molecule has 0 radical (unpaired) electrons. The van der Waals surface area contributed by atoms with Crippen molar-refractivity contribution < 1.29 is 13.2 Å². The van der Waals surface area contributed by atoms with Gasteiger partial charge in [0.05, 0.1) is 17.1 Å². The number of fused-ring (bicyclic) bond motifs is 1. The van der Waals surface area contributed by atoms with Gasteiger partial charge in [-0.2, -0.15) is 8.42 Å². The van der Waals surface area contributed by atoms with Crippen LogP contribution in [0, 0.1) is 13.8 Å². The lowest BCUT2D eigenvalue weighted by Crippen LogP contribution is -2.23. The number of carbonyl (C=O) groups is 1. The lowest BCUT2D eigenvalue weighted by atomic mass is 10.1. The molecule has 0 fully saturated rings. The summed E-state index contributed by atoms with van der Waals surface area (Å²) >= 11 is 1.41. The fourth-order valence-electron chi connectivity index (χ4n) is 4.36. The maximum Gasteiger partial charge on any atom is 0.300 e. The molecule has 188 valence electrons. The van der Waals surface area contributed by atoms with Gasteiger partial charge in [0.15, 0.2) is 5.65 Å². The number of nitrogens with one attached hydrogen (secondary N) is 1. The van der Waals surface area contributed by atoms with E-state index in [1.54, 1.807) is 29.6 Å². The minimum Gasteiger partial charge on any atom is -0.308 e. The highest BCUT2D eigenvalue weighted by Crippen LogP contribution is 2.35. The molecular weight excluding hydrogens is 504 g/mol. The molecule has 0 saturated carbocycles. The van der Waals surface area contributed by atoms with Gasteiger partial charge < -0.3 is 4.57 Å². The Kier molecular flexibility index (Phi) is 6.66. The number of aromatic nitrogens is 3. The van der Waals surface area contributed by atoms with E-state index in [4.69, 9.17) is 9.97 Å². The number of hydrogen-bond donors (Lipinski definition) is 1. The summed E-state index contributed by atoms with van der Waals surface area (Å²) in [6.07, 6.45) is 0.799. The zero-order chi connectivity index (χ0) is 26.2. The van der Waals surface area contributed by atoms with E-state index in [2.05, 4.69) is 23.1 Å². The summed E-state index contributed by atoms with van der Waals surface area (Å²) in [6, 6.07) is 19.7. The molecule has 0 aliphatic heterocycles. The predicted molar refractivity (Wildman–Crippen MR) is 149 cm³/mol. The van der Waals surface area contributed by atoms with Crippen molar-refractivity contribution in [1.29, 1.82) is 0 Å². The van der Waals surface area contributed by atoms with Crippen molar-refractivity contribution in [3.63, 3.8) is 0 Å². The van der Waals surface area contributed by atoms with Crippen LogP contribution in [0.1, 0.15) is 39.9 Å². The van der Waals surface area contributed by atoms with Crippen LogP contribution in [0.3, 0.4) is 0 Å². The summed E-state index contributed by atoms with van der Waals surface area (Å²) in [5.41, 5.74) is 6.33. The Hall–Kier alpha value is -3.82. The highest BCUT2D eigenvalue weighted by Gasteiger charge is 2.25. The Balaban J connectivity index is 1.40. The van der Waals surface area contributed by atoms with Gasteiger partial charge in [-0.1, -0.05) is 61.5 Å². The number of nitrogens with zero attached hydrogens (tertiary/aromatic N) is 3. The third-order valence-corrected chi connectivity index (χ3v) is 8.31. The average molecular weight is 531 g/mol. The minimum absolute atomic E-state index is 0.120. The van der Waals surface area contributed by atoms with Gasteiger partial charge in [-0.25, -0.2) is 9.97 Å². The van der Waals surface area contributed by atoms with E-state index in [0.29, 0.717) is 12.2 Å². The lowest BCUT2D eigenvalue weighted by Gasteiger charge is -2.11. The number of pyridine rings is 1. The first-order valence-corrected chi connectivity index (χ1v) is 14.3. The molecule has 0 bridgehead atoms. The normalized spacial score (nSPS) is 11.6. The zero-order valence-corrected chi connectivity index (χ0v) is 22.4. The number of anilines is 1. The summed E-state index contributed by atoms with van der Waals surface area (Å²) in [5.74, 6) is 0.985. The summed E-state index contributed by atoms with van der Waals surface area (Å²) in [5, 5.41) is 0.842. The van der Waals surface area contributed by atoms with Gasteiger partial charge in [-0.3, -0.25) is 9.52 Å². The van der Waals surface area contributed by atoms with Gasteiger partial charge in [0.1, 0.15) is 11.3 Å². The molecule has 1 N–H and O–H groups in total. The van der Waals surface area contributed by atoms with Gasteiger partial charge in [-0.05, 0) is 48.1 Å². The number of sulfonamides is 1. The van der Waals surface area contributed by atoms with Crippen LogP contribution in [0.25, 0.3) is 21.6 Å². The van der Waals surface area contributed by atoms with Gasteiger partial charge >= 0.3 is 10.0 Å². The van der Waals surface area contributed by atoms with Crippen LogP contribution in [0.2, 0.25) is 0 Å². The number of hydrogen-bond acceptors (Lipinski definition) is 6. The molecule has 9 heteroatoms. The van der Waals surface area contributed by atoms with E-state index >= 15 is 0 Å². The molecular formula is C28H26N4O3S2. The Bertz CT molecular complexity index is 1700. The molecule has 0 saturated heterocycles. The minimum atomic E-state index is -4.24. The van der Waals surface area contributed by atoms with Crippen molar-refractivity contribution in [3.05, 3.63) is 100 Å². The smallest absolute Gasteiger partial charge is 0.300 e. The molecule has 0 atom stereocenters. The average Bonchev–Trinajstić information content (AvgIpc) is 3.49. The number of rotatable bonds is 7. The fraction of sp³-hybridized carbons (Fsp3) is 0.179. The van der Waals surface area contributed by atoms with Crippen LogP contribution >= 0.6 is 11.3 Å². The highest BCUT2D eigenvalue weighted by atomic mass is 32.2. The number of imidazole rings is 1. The predicted octanol–water partition coefficient (Wildman–Crippen LogP) is 5.97. The topological polar surface area (TPSA) is 93.9 Å². The summed E-state index contributed by atoms with van der Waals surface area (Å²) in [6.45, 7) is 6.77. The van der Waals surface area contributed by atoms with Crippen LogP contribution in [0.15, 0.2) is 72.1 Å². The van der Waals surface area contributed by atoms with Crippen molar-refractivity contribution in [3.8, 4) is 10.4 Å². The Morgan fingerprint density at radius 3 is 2.43 bits per heavy atom. The van der Waals surface area contributed by atoms with E-state index in [1.807, 2.05) is 37.3 Å². The van der Waals surface area contributed by atoms with E-state index in [0.717, 1.165) is 50.7 Å². The Labute approximate surface area is 219 Å². The van der Waals surface area contributed by atoms with E-state index < -0.39 is 15.1 Å². The Morgan fingerprint density at radius 1 is 1.00 bits per heavy atom. The van der Waals surface area contributed by atoms with Crippen molar-refractivity contribution in [2.24, 2.45) is 0 Å². The summed E-state index contributed by atoms with van der Waals surface area (Å²) in [4.78, 5) is 22.9. The first kappa shape index (κ1) is 24.9. The maximum atomic E-state index is 12.8. The quantitative estimate of drug-likeness (QED) is 0.280. The largest absolute Gasteiger partial charge is 0.308 e. The van der Waals surface area contributed by atoms with Crippen molar-refractivity contribution in [2.75, 3.05) is 4.72 Å². The summed E-state index contributed by atoms with van der Waals surface area (Å²) in [7, 11) is -4.24. The monoisotopic (exact) mass is 530 g/mol. The van der Waals surface area contributed by atoms with Crippen molar-refractivity contribution in [1.82, 2.24) is 14.5 Å². The molecule has 0 amide bonds. The molecule has 37 heavy (non-hydrogen) atoms. The van der Waals surface area contributed by atoms with Gasteiger partial charge in [0.2, 0.25) is 0 Å². The van der Waals surface area contributed by atoms with Gasteiger partial charge in [0, 0.05) is 17.7 Å². The van der Waals surface area contributed by atoms with Crippen molar-refractivity contribution in [2.45, 2.75) is 33.7 Å². The third kappa shape index (κ3) is 4.92. The van der Waals surface area contributed by atoms with Crippen LogP contribution < -0.4 is 4.72 Å². The molecule has 5 aromatic rings. The fourth-order valence-corrected chi connectivity index (χ4v) is 6.28. The molecule has 0 unspecified atom stereocenters. The van der Waals surface area contributed by atoms with Crippen molar-refractivity contribution >= 4 is 43.3 Å². The second-order valence-electron chi connectivity index (χ2n) is 8.84. The van der Waals surface area contributed by atoms with Crippen LogP contribution in [-0.2, 0) is 23.0 Å². The number of carbonyl (C=O) groups excluding carboxylic acids is 1. The van der Waals surface area contributed by atoms with E-state index in [9.17, 15) is 13.2 Å². The number of thiophene rings is 1. The maximum absolute atomic E-state index is 12.8. The first-order valence-electron chi connectivity index (χ1n) is 11.9. The molecule has 3 aromatic heterocycles. The molecule has 2 aromatic carbocycles. The zero-order valence-electron chi connectivity index (χ0n) is 20.7. The second kappa shape index (κ2) is 9.91. The van der Waals surface area contributed by atoms with Gasteiger partial charge in [-0.15, -0.1) is 11.3 Å². The van der Waals surface area contributed by atoms with Crippen LogP contribution in [0.5, 0.6) is 0 Å². The molecule has 0 spiro atoms. The van der Waals surface area contributed by atoms with E-state index in [1.165, 1.54) is 23.5 Å². The van der Waals surface area contributed by atoms with Gasteiger partial charge in [0.25, 0.3) is 5.12 Å². The lowest BCUT2D eigenvalue weighted by molar-refractivity contribution is 0.107. The number of aryl methyl sites for hydroxylation is 3. The second-order valence-corrected chi connectivity index (χ2v) is 11.3. The molecule has 7 nitrogen and oxygen atoms in total. The SMILES string of the molecule is CCc1nc2c(C)cc(C)nc2n1Cc1ccc(-c2sccc2NS(=O)(=O)C(=O)c2ccccc2)cc1. The Morgan fingerprint density at radius 2 is 1.73 bits per heavy atom. The molecule has 0 aliphatic rings. The van der Waals surface area contributed by atoms with Crippen LogP contribution in [0.4, 0.5) is 5.69 Å². The first-order chi connectivity index (χ1) is 17.8. The molecule has 5 rings (SSSR count). The third-order valence-electron chi connectivity index (χ3n) is 6.14. The van der Waals surface area contributed by atoms with E-state index in [-0.39, 0.29) is 5.56 Å². The summed E-state index contributed by atoms with van der Waals surface area (Å²) < 4.78 is 30.1. The standard InChI is InChI=1S/C28H26N4O3S2/c1-4-24-30-25-18(2)16-19(3)29-27(25)32(24)17-20-10-12-21(13-11-20)26-23(14-15-36-26)31-37(34,35)28(33)22-8-6-5-7-9-22/h5-16,31H,4,17H2,1-3H3. The van der Waals surface area contributed by atoms with Crippen LogP contribution in [-0.4, -0.2) is 28.1 Å².